The summed E-state index contributed by atoms with van der Waals surface area (Å²) in [5.41, 5.74) is 2.98. The first-order valence-corrected chi connectivity index (χ1v) is 8.02. The van der Waals surface area contributed by atoms with Gasteiger partial charge in [0, 0.05) is 23.6 Å². The first-order chi connectivity index (χ1) is 12.0. The Morgan fingerprint density at radius 3 is 2.12 bits per heavy atom. The van der Waals surface area contributed by atoms with Gasteiger partial charge in [-0.05, 0) is 47.9 Å². The van der Waals surface area contributed by atoms with E-state index < -0.39 is 0 Å². The highest BCUT2D eigenvalue weighted by Gasteiger charge is 2.09. The van der Waals surface area contributed by atoms with E-state index in [-0.39, 0.29) is 11.7 Å². The SMILES string of the molecule is CC(C)c1ccc(NC(=O)c2cnc(-c3ccc(F)cc3)nc2)cc1. The molecule has 1 heterocycles. The van der Waals surface area contributed by atoms with Gasteiger partial charge in [0.25, 0.3) is 5.91 Å². The van der Waals surface area contributed by atoms with Crippen LogP contribution in [0.2, 0.25) is 0 Å². The van der Waals surface area contributed by atoms with Crippen molar-refractivity contribution < 1.29 is 9.18 Å². The minimum atomic E-state index is -0.316. The molecule has 25 heavy (non-hydrogen) atoms. The van der Waals surface area contributed by atoms with Crippen LogP contribution in [-0.4, -0.2) is 15.9 Å². The van der Waals surface area contributed by atoms with Gasteiger partial charge in [0.05, 0.1) is 5.56 Å². The van der Waals surface area contributed by atoms with Crippen LogP contribution in [0.4, 0.5) is 10.1 Å². The summed E-state index contributed by atoms with van der Waals surface area (Å²) in [7, 11) is 0. The molecule has 3 rings (SSSR count). The van der Waals surface area contributed by atoms with Gasteiger partial charge in [0.15, 0.2) is 5.82 Å². The molecule has 0 atom stereocenters. The quantitative estimate of drug-likeness (QED) is 0.754. The van der Waals surface area contributed by atoms with Crippen molar-refractivity contribution >= 4 is 11.6 Å². The lowest BCUT2D eigenvalue weighted by Crippen LogP contribution is -2.12. The van der Waals surface area contributed by atoms with Crippen LogP contribution in [-0.2, 0) is 0 Å². The van der Waals surface area contributed by atoms with Crippen molar-refractivity contribution in [1.29, 1.82) is 0 Å². The van der Waals surface area contributed by atoms with Crippen LogP contribution in [0.15, 0.2) is 60.9 Å². The van der Waals surface area contributed by atoms with Crippen LogP contribution in [0.1, 0.15) is 35.7 Å². The molecule has 1 aromatic heterocycles. The average molecular weight is 335 g/mol. The van der Waals surface area contributed by atoms with Gasteiger partial charge < -0.3 is 5.32 Å². The molecule has 0 radical (unpaired) electrons. The maximum absolute atomic E-state index is 13.0. The summed E-state index contributed by atoms with van der Waals surface area (Å²) in [6, 6.07) is 13.6. The van der Waals surface area contributed by atoms with Gasteiger partial charge in [0.1, 0.15) is 5.82 Å². The number of carbonyl (C=O) groups is 1. The maximum atomic E-state index is 13.0. The number of amides is 1. The summed E-state index contributed by atoms with van der Waals surface area (Å²) in [6.07, 6.45) is 2.92. The van der Waals surface area contributed by atoms with E-state index in [9.17, 15) is 9.18 Å². The molecular weight excluding hydrogens is 317 g/mol. The second-order valence-corrected chi connectivity index (χ2v) is 6.03. The Morgan fingerprint density at radius 1 is 0.960 bits per heavy atom. The average Bonchev–Trinajstić information content (AvgIpc) is 2.63. The first kappa shape index (κ1) is 16.8. The van der Waals surface area contributed by atoms with E-state index in [4.69, 9.17) is 0 Å². The summed E-state index contributed by atoms with van der Waals surface area (Å²) in [6.45, 7) is 4.24. The van der Waals surface area contributed by atoms with E-state index in [1.807, 2.05) is 24.3 Å². The van der Waals surface area contributed by atoms with Crippen LogP contribution >= 0.6 is 0 Å². The molecule has 0 spiro atoms. The molecule has 126 valence electrons. The van der Waals surface area contributed by atoms with Gasteiger partial charge in [-0.3, -0.25) is 4.79 Å². The Hall–Kier alpha value is -3.08. The lowest BCUT2D eigenvalue weighted by molar-refractivity contribution is 0.102. The van der Waals surface area contributed by atoms with Crippen molar-refractivity contribution in [2.45, 2.75) is 19.8 Å². The Morgan fingerprint density at radius 2 is 1.56 bits per heavy atom. The third kappa shape index (κ3) is 4.07. The lowest BCUT2D eigenvalue weighted by Gasteiger charge is -2.08. The Kier molecular flexibility index (Phi) is 4.84. The number of carbonyl (C=O) groups excluding carboxylic acids is 1. The van der Waals surface area contributed by atoms with Crippen LogP contribution in [0, 0.1) is 5.82 Å². The van der Waals surface area contributed by atoms with Crippen LogP contribution in [0.5, 0.6) is 0 Å². The molecule has 0 fully saturated rings. The Bertz CT molecular complexity index is 857. The molecule has 0 saturated carbocycles. The third-order valence-electron chi connectivity index (χ3n) is 3.85. The molecule has 0 unspecified atom stereocenters. The molecule has 1 amide bonds. The van der Waals surface area contributed by atoms with E-state index in [1.54, 1.807) is 12.1 Å². The van der Waals surface area contributed by atoms with E-state index in [1.165, 1.54) is 30.1 Å². The Labute approximate surface area is 145 Å². The monoisotopic (exact) mass is 335 g/mol. The molecule has 0 aliphatic heterocycles. The standard InChI is InChI=1S/C20H18FN3O/c1-13(2)14-5-9-18(10-6-14)24-20(25)16-11-22-19(23-12-16)15-3-7-17(21)8-4-15/h3-13H,1-2H3,(H,24,25). The van der Waals surface area contributed by atoms with Crippen molar-refractivity contribution in [3.05, 3.63) is 77.9 Å². The van der Waals surface area contributed by atoms with E-state index >= 15 is 0 Å². The summed E-state index contributed by atoms with van der Waals surface area (Å²) in [5.74, 6) is 0.293. The maximum Gasteiger partial charge on any atom is 0.258 e. The molecule has 3 aromatic rings. The summed E-state index contributed by atoms with van der Waals surface area (Å²) in [4.78, 5) is 20.7. The second kappa shape index (κ2) is 7.21. The molecular formula is C20H18FN3O. The topological polar surface area (TPSA) is 54.9 Å². The van der Waals surface area contributed by atoms with E-state index in [0.29, 0.717) is 22.9 Å². The predicted molar refractivity (Wildman–Crippen MR) is 95.9 cm³/mol. The van der Waals surface area contributed by atoms with Gasteiger partial charge in [-0.2, -0.15) is 0 Å². The van der Waals surface area contributed by atoms with E-state index in [0.717, 1.165) is 5.69 Å². The first-order valence-electron chi connectivity index (χ1n) is 8.02. The largest absolute Gasteiger partial charge is 0.322 e. The fourth-order valence-corrected chi connectivity index (χ4v) is 2.35. The predicted octanol–water partition coefficient (Wildman–Crippen LogP) is 4.66. The highest BCUT2D eigenvalue weighted by molar-refractivity contribution is 6.03. The number of aromatic nitrogens is 2. The number of nitrogens with one attached hydrogen (secondary N) is 1. The fourth-order valence-electron chi connectivity index (χ4n) is 2.35. The number of anilines is 1. The van der Waals surface area contributed by atoms with Crippen molar-refractivity contribution in [2.75, 3.05) is 5.32 Å². The smallest absolute Gasteiger partial charge is 0.258 e. The molecule has 5 heteroatoms. The van der Waals surface area contributed by atoms with Crippen LogP contribution < -0.4 is 5.32 Å². The van der Waals surface area contributed by atoms with E-state index in [2.05, 4.69) is 29.1 Å². The number of benzene rings is 2. The highest BCUT2D eigenvalue weighted by atomic mass is 19.1. The van der Waals surface area contributed by atoms with Gasteiger partial charge >= 0.3 is 0 Å². The minimum absolute atomic E-state index is 0.275. The van der Waals surface area contributed by atoms with Crippen LogP contribution in [0.3, 0.4) is 0 Å². The summed E-state index contributed by atoms with van der Waals surface area (Å²) >= 11 is 0. The fraction of sp³-hybridized carbons (Fsp3) is 0.150. The van der Waals surface area contributed by atoms with Crippen LogP contribution in [0.25, 0.3) is 11.4 Å². The van der Waals surface area contributed by atoms with Crippen molar-refractivity contribution in [1.82, 2.24) is 9.97 Å². The normalized spacial score (nSPS) is 10.7. The lowest BCUT2D eigenvalue weighted by atomic mass is 10.0. The second-order valence-electron chi connectivity index (χ2n) is 6.03. The van der Waals surface area contributed by atoms with Gasteiger partial charge in [-0.15, -0.1) is 0 Å². The van der Waals surface area contributed by atoms with Gasteiger partial charge in [-0.1, -0.05) is 26.0 Å². The molecule has 0 saturated heterocycles. The molecule has 2 aromatic carbocycles. The van der Waals surface area contributed by atoms with Crippen molar-refractivity contribution in [3.8, 4) is 11.4 Å². The van der Waals surface area contributed by atoms with Gasteiger partial charge in [0.2, 0.25) is 0 Å². The molecule has 0 aliphatic rings. The van der Waals surface area contributed by atoms with Gasteiger partial charge in [-0.25, -0.2) is 14.4 Å². The zero-order valence-corrected chi connectivity index (χ0v) is 14.0. The minimum Gasteiger partial charge on any atom is -0.322 e. The summed E-state index contributed by atoms with van der Waals surface area (Å²) < 4.78 is 13.0. The third-order valence-corrected chi connectivity index (χ3v) is 3.85. The number of rotatable bonds is 4. The molecule has 0 aliphatic carbocycles. The highest BCUT2D eigenvalue weighted by Crippen LogP contribution is 2.18. The number of hydrogen-bond donors (Lipinski definition) is 1. The molecule has 4 nitrogen and oxygen atoms in total. The van der Waals surface area contributed by atoms with Crippen molar-refractivity contribution in [2.24, 2.45) is 0 Å². The number of nitrogens with zero attached hydrogens (tertiary/aromatic N) is 2. The number of hydrogen-bond acceptors (Lipinski definition) is 3. The van der Waals surface area contributed by atoms with Crippen molar-refractivity contribution in [3.63, 3.8) is 0 Å². The molecule has 1 N–H and O–H groups in total. The summed E-state index contributed by atoms with van der Waals surface area (Å²) in [5, 5.41) is 2.82. The zero-order chi connectivity index (χ0) is 17.8. The zero-order valence-electron chi connectivity index (χ0n) is 14.0. The molecule has 0 bridgehead atoms. The Balaban J connectivity index is 1.71. The number of halogens is 1.